The molecule has 0 atom stereocenters. The average Bonchev–Trinajstić information content (AvgIpc) is 2.48. The highest BCUT2D eigenvalue weighted by molar-refractivity contribution is 7.89. The minimum Gasteiger partial charge on any atom is -0.384 e. The van der Waals surface area contributed by atoms with Crippen molar-refractivity contribution in [1.29, 1.82) is 0 Å². The zero-order valence-electron chi connectivity index (χ0n) is 13.2. The Morgan fingerprint density at radius 1 is 1.10 bits per heavy atom. The first-order valence-electron chi connectivity index (χ1n) is 7.60. The predicted molar refractivity (Wildman–Crippen MR) is 88.2 cm³/mol. The summed E-state index contributed by atoms with van der Waals surface area (Å²) in [6, 6.07) is 7.02. The highest BCUT2D eigenvalue weighted by Gasteiger charge is 2.16. The maximum absolute atomic E-state index is 12.1. The van der Waals surface area contributed by atoms with Gasteiger partial charge in [0.2, 0.25) is 10.0 Å². The lowest BCUT2D eigenvalue weighted by Gasteiger charge is -2.18. The number of nitrogens with zero attached hydrogens (tertiary/aromatic N) is 1. The summed E-state index contributed by atoms with van der Waals surface area (Å²) in [6.45, 7) is 10.3. The number of rotatable bonds is 10. The van der Waals surface area contributed by atoms with Crippen molar-refractivity contribution in [3.05, 3.63) is 24.3 Å². The smallest absolute Gasteiger partial charge is 0.242 e. The van der Waals surface area contributed by atoms with Crippen LogP contribution in [0.2, 0.25) is 0 Å². The maximum Gasteiger partial charge on any atom is 0.242 e. The first-order chi connectivity index (χ1) is 10.0. The van der Waals surface area contributed by atoms with Gasteiger partial charge in [0.05, 0.1) is 5.69 Å². The van der Waals surface area contributed by atoms with Gasteiger partial charge < -0.3 is 10.2 Å². The van der Waals surface area contributed by atoms with Gasteiger partial charge in [0.25, 0.3) is 0 Å². The van der Waals surface area contributed by atoms with Gasteiger partial charge in [-0.15, -0.1) is 0 Å². The van der Waals surface area contributed by atoms with Crippen molar-refractivity contribution in [2.24, 2.45) is 0 Å². The van der Waals surface area contributed by atoms with Crippen LogP contribution in [0.3, 0.4) is 0 Å². The summed E-state index contributed by atoms with van der Waals surface area (Å²) in [5.41, 5.74) is 0.665. The largest absolute Gasteiger partial charge is 0.384 e. The van der Waals surface area contributed by atoms with Crippen LogP contribution in [0, 0.1) is 0 Å². The number of nitrogens with one attached hydrogen (secondary N) is 2. The van der Waals surface area contributed by atoms with Crippen LogP contribution in [-0.4, -0.2) is 46.0 Å². The molecule has 5 nitrogen and oxygen atoms in total. The molecule has 0 heterocycles. The van der Waals surface area contributed by atoms with E-state index in [2.05, 4.69) is 28.8 Å². The van der Waals surface area contributed by atoms with E-state index < -0.39 is 10.0 Å². The molecule has 0 amide bonds. The fraction of sp³-hybridized carbons (Fsp3) is 0.600. The molecule has 1 aromatic carbocycles. The Morgan fingerprint density at radius 3 is 2.38 bits per heavy atom. The zero-order valence-corrected chi connectivity index (χ0v) is 14.0. The fourth-order valence-electron chi connectivity index (χ4n) is 2.18. The quantitative estimate of drug-likeness (QED) is 0.650. The Kier molecular flexibility index (Phi) is 7.71. The van der Waals surface area contributed by atoms with Crippen molar-refractivity contribution >= 4 is 15.7 Å². The molecule has 2 N–H and O–H groups in total. The van der Waals surface area contributed by atoms with Gasteiger partial charge in [-0.2, -0.15) is 0 Å². The first-order valence-corrected chi connectivity index (χ1v) is 9.08. The standard InChI is InChI=1S/C15H27N3O2S/c1-4-17-21(19,20)15-11-8-7-10-14(15)16-12-9-13-18(5-2)6-3/h7-8,10-11,16-17H,4-6,9,12-13H2,1-3H3. The zero-order chi connectivity index (χ0) is 15.7. The summed E-state index contributed by atoms with van der Waals surface area (Å²) in [6.07, 6.45) is 0.983. The van der Waals surface area contributed by atoms with Crippen molar-refractivity contribution in [3.8, 4) is 0 Å². The van der Waals surface area contributed by atoms with Crippen LogP contribution in [0.5, 0.6) is 0 Å². The van der Waals surface area contributed by atoms with Crippen LogP contribution in [0.1, 0.15) is 27.2 Å². The molecule has 6 heteroatoms. The van der Waals surface area contributed by atoms with E-state index in [0.717, 1.165) is 32.6 Å². The Balaban J connectivity index is 2.64. The predicted octanol–water partition coefficient (Wildman–Crippen LogP) is 2.13. The molecule has 0 spiro atoms. The Labute approximate surface area is 128 Å². The first kappa shape index (κ1) is 17.9. The third-order valence-corrected chi connectivity index (χ3v) is 4.98. The molecule has 0 aliphatic rings. The van der Waals surface area contributed by atoms with Crippen LogP contribution in [-0.2, 0) is 10.0 Å². The Bertz CT molecular complexity index is 513. The molecule has 0 aromatic heterocycles. The lowest BCUT2D eigenvalue weighted by molar-refractivity contribution is 0.303. The third kappa shape index (κ3) is 5.65. The summed E-state index contributed by atoms with van der Waals surface area (Å²) in [5, 5.41) is 3.24. The molecule has 21 heavy (non-hydrogen) atoms. The fourth-order valence-corrected chi connectivity index (χ4v) is 3.40. The van der Waals surface area contributed by atoms with Gasteiger partial charge in [0, 0.05) is 13.1 Å². The highest BCUT2D eigenvalue weighted by atomic mass is 32.2. The van der Waals surface area contributed by atoms with Gasteiger partial charge in [-0.25, -0.2) is 13.1 Å². The maximum atomic E-state index is 12.1. The van der Waals surface area contributed by atoms with E-state index in [-0.39, 0.29) is 0 Å². The minimum atomic E-state index is -3.43. The second kappa shape index (κ2) is 9.02. The number of sulfonamides is 1. The molecular weight excluding hydrogens is 286 g/mol. The summed E-state index contributed by atoms with van der Waals surface area (Å²) < 4.78 is 26.8. The van der Waals surface area contributed by atoms with Gasteiger partial charge in [-0.3, -0.25) is 0 Å². The van der Waals surface area contributed by atoms with E-state index in [4.69, 9.17) is 0 Å². The lowest BCUT2D eigenvalue weighted by atomic mass is 10.3. The van der Waals surface area contributed by atoms with Crippen molar-refractivity contribution in [3.63, 3.8) is 0 Å². The SMILES string of the molecule is CCNS(=O)(=O)c1ccccc1NCCCN(CC)CC. The molecule has 0 saturated carbocycles. The van der Waals surface area contributed by atoms with Crippen LogP contribution >= 0.6 is 0 Å². The second-order valence-electron chi connectivity index (χ2n) is 4.80. The number of benzene rings is 1. The highest BCUT2D eigenvalue weighted by Crippen LogP contribution is 2.20. The van der Waals surface area contributed by atoms with E-state index in [9.17, 15) is 8.42 Å². The van der Waals surface area contributed by atoms with E-state index in [1.54, 1.807) is 19.1 Å². The van der Waals surface area contributed by atoms with Crippen molar-refractivity contribution in [2.75, 3.05) is 38.0 Å². The van der Waals surface area contributed by atoms with Gasteiger partial charge >= 0.3 is 0 Å². The van der Waals surface area contributed by atoms with Gasteiger partial charge in [0.15, 0.2) is 0 Å². The molecule has 0 fully saturated rings. The molecule has 0 unspecified atom stereocenters. The number of hydrogen-bond donors (Lipinski definition) is 2. The van der Waals surface area contributed by atoms with Crippen molar-refractivity contribution in [1.82, 2.24) is 9.62 Å². The van der Waals surface area contributed by atoms with E-state index in [1.165, 1.54) is 0 Å². The van der Waals surface area contributed by atoms with Gasteiger partial charge in [-0.1, -0.05) is 32.9 Å². The van der Waals surface area contributed by atoms with Gasteiger partial charge in [-0.05, 0) is 38.2 Å². The van der Waals surface area contributed by atoms with Crippen LogP contribution in [0.25, 0.3) is 0 Å². The second-order valence-corrected chi connectivity index (χ2v) is 6.54. The van der Waals surface area contributed by atoms with E-state index >= 15 is 0 Å². The van der Waals surface area contributed by atoms with Crippen LogP contribution < -0.4 is 10.0 Å². The molecule has 0 saturated heterocycles. The number of hydrogen-bond acceptors (Lipinski definition) is 4. The molecule has 0 bridgehead atoms. The average molecular weight is 313 g/mol. The molecule has 0 radical (unpaired) electrons. The third-order valence-electron chi connectivity index (χ3n) is 3.37. The molecule has 1 rings (SSSR count). The van der Waals surface area contributed by atoms with Crippen molar-refractivity contribution in [2.45, 2.75) is 32.1 Å². The monoisotopic (exact) mass is 313 g/mol. The lowest BCUT2D eigenvalue weighted by Crippen LogP contribution is -2.26. The normalized spacial score (nSPS) is 11.8. The van der Waals surface area contributed by atoms with Crippen molar-refractivity contribution < 1.29 is 8.42 Å². The van der Waals surface area contributed by atoms with Crippen LogP contribution in [0.4, 0.5) is 5.69 Å². The Morgan fingerprint density at radius 2 is 1.76 bits per heavy atom. The molecule has 0 aliphatic carbocycles. The topological polar surface area (TPSA) is 61.4 Å². The number of anilines is 1. The summed E-state index contributed by atoms with van der Waals surface area (Å²) in [4.78, 5) is 2.66. The van der Waals surface area contributed by atoms with Crippen LogP contribution in [0.15, 0.2) is 29.2 Å². The molecular formula is C15H27N3O2S. The summed E-state index contributed by atoms with van der Waals surface area (Å²) >= 11 is 0. The molecule has 1 aromatic rings. The molecule has 120 valence electrons. The van der Waals surface area contributed by atoms with E-state index in [0.29, 0.717) is 17.1 Å². The molecule has 0 aliphatic heterocycles. The summed E-state index contributed by atoms with van der Waals surface area (Å²) in [7, 11) is -3.43. The Hall–Kier alpha value is -1.11. The summed E-state index contributed by atoms with van der Waals surface area (Å²) in [5.74, 6) is 0. The number of para-hydroxylation sites is 1. The minimum absolute atomic E-state index is 0.315. The van der Waals surface area contributed by atoms with E-state index in [1.807, 2.05) is 12.1 Å². The van der Waals surface area contributed by atoms with Gasteiger partial charge in [0.1, 0.15) is 4.90 Å².